The molecule has 0 radical (unpaired) electrons. The molecule has 0 saturated heterocycles. The highest BCUT2D eigenvalue weighted by molar-refractivity contribution is 5.71. The molecular weight excluding hydrogens is 805 g/mol. The van der Waals surface area contributed by atoms with Gasteiger partial charge in [0, 0.05) is 19.3 Å². The molecule has 382 valence electrons. The Kier molecular flexibility index (Phi) is 52.7. The summed E-state index contributed by atoms with van der Waals surface area (Å²) in [4.78, 5) is 38.1. The number of carbonyl (C=O) groups excluding carboxylic acids is 3. The Labute approximate surface area is 404 Å². The van der Waals surface area contributed by atoms with Crippen LogP contribution in [0.4, 0.5) is 0 Å². The van der Waals surface area contributed by atoms with Crippen molar-refractivity contribution in [2.75, 3.05) is 13.2 Å². The van der Waals surface area contributed by atoms with Gasteiger partial charge in [-0.05, 0) is 70.6 Å². The zero-order chi connectivity index (χ0) is 47.2. The van der Waals surface area contributed by atoms with E-state index >= 15 is 0 Å². The maximum absolute atomic E-state index is 12.8. The normalized spacial score (nSPS) is 12.1. The van der Waals surface area contributed by atoms with Gasteiger partial charge in [-0.25, -0.2) is 0 Å². The fraction of sp³-hybridized carbons (Fsp3) is 0.881. The molecule has 0 aliphatic rings. The molecule has 0 rings (SSSR count). The summed E-state index contributed by atoms with van der Waals surface area (Å²) in [7, 11) is 0. The van der Waals surface area contributed by atoms with Crippen LogP contribution >= 0.6 is 0 Å². The average Bonchev–Trinajstić information content (AvgIpc) is 3.30. The molecule has 0 aromatic rings. The zero-order valence-electron chi connectivity index (χ0n) is 43.8. The second-order valence-electron chi connectivity index (χ2n) is 19.6. The fourth-order valence-electron chi connectivity index (χ4n) is 8.55. The van der Waals surface area contributed by atoms with Crippen molar-refractivity contribution in [1.29, 1.82) is 0 Å². The van der Waals surface area contributed by atoms with Crippen LogP contribution in [0.2, 0.25) is 0 Å². The fourth-order valence-corrected chi connectivity index (χ4v) is 8.55. The van der Waals surface area contributed by atoms with Crippen molar-refractivity contribution in [2.45, 2.75) is 322 Å². The monoisotopic (exact) mass is 915 g/mol. The van der Waals surface area contributed by atoms with Gasteiger partial charge in [0.25, 0.3) is 0 Å². The Balaban J connectivity index is 4.33. The van der Waals surface area contributed by atoms with E-state index in [4.69, 9.17) is 14.2 Å². The van der Waals surface area contributed by atoms with Gasteiger partial charge in [-0.3, -0.25) is 14.4 Å². The molecule has 1 unspecified atom stereocenters. The predicted molar refractivity (Wildman–Crippen MR) is 279 cm³/mol. The second-order valence-corrected chi connectivity index (χ2v) is 19.6. The number of unbranched alkanes of at least 4 members (excludes halogenated alkanes) is 38. The van der Waals surface area contributed by atoms with E-state index in [-0.39, 0.29) is 31.1 Å². The molecule has 0 saturated carbocycles. The first kappa shape index (κ1) is 62.9. The van der Waals surface area contributed by atoms with Crippen molar-refractivity contribution >= 4 is 17.9 Å². The first-order chi connectivity index (χ1) is 32.0. The van der Waals surface area contributed by atoms with Crippen molar-refractivity contribution in [3.8, 4) is 0 Å². The van der Waals surface area contributed by atoms with Gasteiger partial charge in [-0.15, -0.1) is 0 Å². The molecule has 0 heterocycles. The zero-order valence-corrected chi connectivity index (χ0v) is 43.8. The molecule has 0 fully saturated rings. The lowest BCUT2D eigenvalue weighted by atomic mass is 10.0. The third-order valence-electron chi connectivity index (χ3n) is 12.9. The van der Waals surface area contributed by atoms with Crippen molar-refractivity contribution in [3.63, 3.8) is 0 Å². The Morgan fingerprint density at radius 2 is 0.508 bits per heavy atom. The van der Waals surface area contributed by atoms with Crippen LogP contribution in [0.3, 0.4) is 0 Å². The van der Waals surface area contributed by atoms with Gasteiger partial charge < -0.3 is 14.2 Å². The quantitative estimate of drug-likeness (QED) is 0.0262. The SMILES string of the molecule is CCCCCCC=CCCCCCCCC(=O)OCC(COC(=O)CCCCCCCCCC=CCCCCCCCC)OC(=O)CCCCCCCCCCCCCCCCCCC. The highest BCUT2D eigenvalue weighted by atomic mass is 16.6. The van der Waals surface area contributed by atoms with Crippen LogP contribution in [-0.2, 0) is 28.6 Å². The van der Waals surface area contributed by atoms with Crippen LogP contribution in [0.15, 0.2) is 24.3 Å². The number of ether oxygens (including phenoxy) is 3. The summed E-state index contributed by atoms with van der Waals surface area (Å²) >= 11 is 0. The highest BCUT2D eigenvalue weighted by Crippen LogP contribution is 2.17. The Bertz CT molecular complexity index is 1050. The molecule has 0 aromatic heterocycles. The molecule has 65 heavy (non-hydrogen) atoms. The van der Waals surface area contributed by atoms with Gasteiger partial charge in [-0.2, -0.15) is 0 Å². The predicted octanol–water partition coefficient (Wildman–Crippen LogP) is 19.1. The molecule has 1 atom stereocenters. The molecule has 0 aliphatic carbocycles. The van der Waals surface area contributed by atoms with Crippen LogP contribution in [0.5, 0.6) is 0 Å². The van der Waals surface area contributed by atoms with Crippen molar-refractivity contribution in [3.05, 3.63) is 24.3 Å². The van der Waals surface area contributed by atoms with Crippen LogP contribution in [0, 0.1) is 0 Å². The van der Waals surface area contributed by atoms with E-state index in [0.717, 1.165) is 64.2 Å². The Morgan fingerprint density at radius 3 is 0.785 bits per heavy atom. The summed E-state index contributed by atoms with van der Waals surface area (Å²) in [5, 5.41) is 0. The van der Waals surface area contributed by atoms with Crippen LogP contribution in [0.25, 0.3) is 0 Å². The average molecular weight is 916 g/mol. The number of esters is 3. The second kappa shape index (κ2) is 54.5. The largest absolute Gasteiger partial charge is 0.462 e. The van der Waals surface area contributed by atoms with Gasteiger partial charge in [0.15, 0.2) is 6.10 Å². The van der Waals surface area contributed by atoms with Gasteiger partial charge in [0.2, 0.25) is 0 Å². The third-order valence-corrected chi connectivity index (χ3v) is 12.9. The van der Waals surface area contributed by atoms with E-state index in [2.05, 4.69) is 45.1 Å². The molecule has 0 aromatic carbocycles. The standard InChI is InChI=1S/C59H110O6/c1-4-7-10-13-16-19-22-25-27-29-31-34-37-40-43-46-49-52-58(61)64-55-56(54-63-57(60)51-48-45-42-39-36-33-24-21-18-15-12-9-6-3)65-59(62)53-50-47-44-41-38-35-32-30-28-26-23-20-17-14-11-8-5-2/h21,24-25,27,56H,4-20,22-23,26,28-55H2,1-3H3. The topological polar surface area (TPSA) is 78.9 Å². The van der Waals surface area contributed by atoms with E-state index in [9.17, 15) is 14.4 Å². The summed E-state index contributed by atoms with van der Waals surface area (Å²) < 4.78 is 16.9. The van der Waals surface area contributed by atoms with Gasteiger partial charge in [0.05, 0.1) is 0 Å². The smallest absolute Gasteiger partial charge is 0.306 e. The maximum Gasteiger partial charge on any atom is 0.306 e. The summed E-state index contributed by atoms with van der Waals surface area (Å²) in [5.41, 5.74) is 0. The first-order valence-electron chi connectivity index (χ1n) is 28.8. The number of allylic oxidation sites excluding steroid dienone is 4. The van der Waals surface area contributed by atoms with Gasteiger partial charge in [0.1, 0.15) is 13.2 Å². The van der Waals surface area contributed by atoms with Crippen molar-refractivity contribution < 1.29 is 28.6 Å². The number of hydrogen-bond donors (Lipinski definition) is 0. The third kappa shape index (κ3) is 52.7. The summed E-state index contributed by atoms with van der Waals surface area (Å²) in [6.07, 6.45) is 63.1. The van der Waals surface area contributed by atoms with Crippen molar-refractivity contribution in [2.24, 2.45) is 0 Å². The molecule has 0 amide bonds. The maximum atomic E-state index is 12.8. The lowest BCUT2D eigenvalue weighted by Gasteiger charge is -2.18. The van der Waals surface area contributed by atoms with Crippen LogP contribution in [0.1, 0.15) is 316 Å². The van der Waals surface area contributed by atoms with Gasteiger partial charge in [-0.1, -0.05) is 251 Å². The van der Waals surface area contributed by atoms with Crippen LogP contribution < -0.4 is 0 Å². The number of rotatable bonds is 53. The minimum atomic E-state index is -0.772. The molecule has 0 bridgehead atoms. The Hall–Kier alpha value is -2.11. The van der Waals surface area contributed by atoms with Crippen LogP contribution in [-0.4, -0.2) is 37.2 Å². The van der Waals surface area contributed by atoms with E-state index < -0.39 is 6.10 Å². The molecule has 6 heteroatoms. The number of hydrogen-bond acceptors (Lipinski definition) is 6. The lowest BCUT2D eigenvalue weighted by Crippen LogP contribution is -2.30. The molecule has 6 nitrogen and oxygen atoms in total. The van der Waals surface area contributed by atoms with E-state index in [1.165, 1.54) is 212 Å². The molecular formula is C59H110O6. The minimum Gasteiger partial charge on any atom is -0.462 e. The summed E-state index contributed by atoms with van der Waals surface area (Å²) in [6.45, 7) is 6.66. The van der Waals surface area contributed by atoms with E-state index in [0.29, 0.717) is 19.3 Å². The molecule has 0 spiro atoms. The summed E-state index contributed by atoms with van der Waals surface area (Å²) in [5.74, 6) is -0.865. The van der Waals surface area contributed by atoms with Crippen molar-refractivity contribution in [1.82, 2.24) is 0 Å². The van der Waals surface area contributed by atoms with Gasteiger partial charge >= 0.3 is 17.9 Å². The molecule has 0 aliphatic heterocycles. The minimum absolute atomic E-state index is 0.0719. The highest BCUT2D eigenvalue weighted by Gasteiger charge is 2.19. The molecule has 0 N–H and O–H groups in total. The lowest BCUT2D eigenvalue weighted by molar-refractivity contribution is -0.167. The first-order valence-corrected chi connectivity index (χ1v) is 28.8. The Morgan fingerprint density at radius 1 is 0.292 bits per heavy atom. The van der Waals surface area contributed by atoms with E-state index in [1.54, 1.807) is 0 Å². The number of carbonyl (C=O) groups is 3. The summed E-state index contributed by atoms with van der Waals surface area (Å²) in [6, 6.07) is 0. The van der Waals surface area contributed by atoms with E-state index in [1.807, 2.05) is 0 Å².